The zero-order valence-corrected chi connectivity index (χ0v) is 9.80. The Balaban J connectivity index is 2.09. The molecule has 5 heteroatoms. The molecule has 1 aromatic heterocycles. The fourth-order valence-corrected chi connectivity index (χ4v) is 1.78. The van der Waals surface area contributed by atoms with E-state index in [9.17, 15) is 4.79 Å². The van der Waals surface area contributed by atoms with Crippen molar-refractivity contribution in [3.63, 3.8) is 0 Å². The van der Waals surface area contributed by atoms with Gasteiger partial charge in [-0.15, -0.1) is 0 Å². The molecule has 0 aliphatic carbocycles. The van der Waals surface area contributed by atoms with E-state index in [2.05, 4.69) is 9.88 Å². The molecule has 1 saturated heterocycles. The smallest absolute Gasteiger partial charge is 0.310 e. The molecule has 1 aromatic rings. The maximum atomic E-state index is 10.8. The maximum Gasteiger partial charge on any atom is 0.310 e. The topological polar surface area (TPSA) is 62.7 Å². The van der Waals surface area contributed by atoms with Gasteiger partial charge in [0, 0.05) is 19.3 Å². The quantitative estimate of drug-likeness (QED) is 0.851. The van der Waals surface area contributed by atoms with Gasteiger partial charge in [0.1, 0.15) is 5.82 Å². The second-order valence-electron chi connectivity index (χ2n) is 4.11. The maximum absolute atomic E-state index is 10.8. The molecule has 0 amide bonds. The van der Waals surface area contributed by atoms with Crippen molar-refractivity contribution in [1.82, 2.24) is 4.98 Å². The molecule has 1 fully saturated rings. The highest BCUT2D eigenvalue weighted by Crippen LogP contribution is 2.18. The lowest BCUT2D eigenvalue weighted by molar-refractivity contribution is -0.138. The largest absolute Gasteiger partial charge is 0.481 e. The summed E-state index contributed by atoms with van der Waals surface area (Å²) >= 11 is 0. The minimum absolute atomic E-state index is 0.513. The third kappa shape index (κ3) is 2.74. The van der Waals surface area contributed by atoms with E-state index in [1.54, 1.807) is 13.1 Å². The number of rotatable bonds is 3. The van der Waals surface area contributed by atoms with E-state index < -0.39 is 11.9 Å². The van der Waals surface area contributed by atoms with Gasteiger partial charge < -0.3 is 14.7 Å². The summed E-state index contributed by atoms with van der Waals surface area (Å²) in [6.07, 6.45) is 1.64. The molecule has 1 aliphatic heterocycles. The van der Waals surface area contributed by atoms with E-state index >= 15 is 0 Å². The summed E-state index contributed by atoms with van der Waals surface area (Å²) in [6, 6.07) is 3.71. The molecule has 17 heavy (non-hydrogen) atoms. The standard InChI is InChI=1S/C12H16N2O3/c1-9(12(15)16)10-2-3-11(13-8-10)14-4-6-17-7-5-14/h2-3,8-9H,4-7H2,1H3,(H,15,16). The number of nitrogens with zero attached hydrogens (tertiary/aromatic N) is 2. The highest BCUT2D eigenvalue weighted by molar-refractivity contribution is 5.75. The highest BCUT2D eigenvalue weighted by Gasteiger charge is 2.16. The summed E-state index contributed by atoms with van der Waals surface area (Å²) in [5.41, 5.74) is 0.731. The van der Waals surface area contributed by atoms with Gasteiger partial charge in [-0.3, -0.25) is 4.79 Å². The lowest BCUT2D eigenvalue weighted by Gasteiger charge is -2.27. The van der Waals surface area contributed by atoms with Gasteiger partial charge in [0.2, 0.25) is 0 Å². The van der Waals surface area contributed by atoms with Crippen LogP contribution in [-0.2, 0) is 9.53 Å². The number of pyridine rings is 1. The number of aliphatic carboxylic acids is 1. The summed E-state index contributed by atoms with van der Waals surface area (Å²) in [4.78, 5) is 17.3. The van der Waals surface area contributed by atoms with E-state index in [-0.39, 0.29) is 0 Å². The Morgan fingerprint density at radius 1 is 1.47 bits per heavy atom. The predicted molar refractivity (Wildman–Crippen MR) is 63.3 cm³/mol. The fraction of sp³-hybridized carbons (Fsp3) is 0.500. The summed E-state index contributed by atoms with van der Waals surface area (Å²) in [7, 11) is 0. The Labute approximate surface area is 100 Å². The number of ether oxygens (including phenoxy) is 1. The van der Waals surface area contributed by atoms with Crippen molar-refractivity contribution in [3.05, 3.63) is 23.9 Å². The van der Waals surface area contributed by atoms with Crippen LogP contribution in [0.2, 0.25) is 0 Å². The number of hydrogen-bond acceptors (Lipinski definition) is 4. The van der Waals surface area contributed by atoms with Gasteiger partial charge in [0.25, 0.3) is 0 Å². The molecule has 0 bridgehead atoms. The number of hydrogen-bond donors (Lipinski definition) is 1. The van der Waals surface area contributed by atoms with Crippen LogP contribution in [0.1, 0.15) is 18.4 Å². The predicted octanol–water partition coefficient (Wildman–Crippen LogP) is 1.11. The molecular weight excluding hydrogens is 220 g/mol. The molecule has 0 saturated carbocycles. The molecule has 5 nitrogen and oxygen atoms in total. The van der Waals surface area contributed by atoms with Crippen LogP contribution in [-0.4, -0.2) is 42.4 Å². The lowest BCUT2D eigenvalue weighted by Crippen LogP contribution is -2.36. The average Bonchev–Trinajstić information content (AvgIpc) is 2.39. The molecule has 92 valence electrons. The monoisotopic (exact) mass is 236 g/mol. The highest BCUT2D eigenvalue weighted by atomic mass is 16.5. The van der Waals surface area contributed by atoms with Gasteiger partial charge in [0.15, 0.2) is 0 Å². The molecule has 0 spiro atoms. The molecule has 1 aliphatic rings. The number of carboxylic acids is 1. The second kappa shape index (κ2) is 5.14. The fourth-order valence-electron chi connectivity index (χ4n) is 1.78. The van der Waals surface area contributed by atoms with Gasteiger partial charge in [0.05, 0.1) is 19.1 Å². The second-order valence-corrected chi connectivity index (χ2v) is 4.11. The van der Waals surface area contributed by atoms with Gasteiger partial charge in [-0.1, -0.05) is 6.07 Å². The van der Waals surface area contributed by atoms with Gasteiger partial charge in [-0.2, -0.15) is 0 Å². The SMILES string of the molecule is CC(C(=O)O)c1ccc(N2CCOCC2)nc1. The Morgan fingerprint density at radius 2 is 2.18 bits per heavy atom. The van der Waals surface area contributed by atoms with E-state index in [1.807, 2.05) is 12.1 Å². The first-order chi connectivity index (χ1) is 8.18. The van der Waals surface area contributed by atoms with Crippen LogP contribution < -0.4 is 4.90 Å². The molecular formula is C12H16N2O3. The number of carbonyl (C=O) groups is 1. The van der Waals surface area contributed by atoms with Crippen molar-refractivity contribution in [1.29, 1.82) is 0 Å². The van der Waals surface area contributed by atoms with Gasteiger partial charge in [-0.05, 0) is 18.6 Å². The summed E-state index contributed by atoms with van der Waals surface area (Å²) in [5.74, 6) is -0.457. The third-order valence-electron chi connectivity index (χ3n) is 2.98. The van der Waals surface area contributed by atoms with Crippen LogP contribution in [0.25, 0.3) is 0 Å². The average molecular weight is 236 g/mol. The Kier molecular flexibility index (Phi) is 3.58. The minimum atomic E-state index is -0.828. The van der Waals surface area contributed by atoms with Crippen LogP contribution in [0.4, 0.5) is 5.82 Å². The number of carboxylic acid groups (broad SMARTS) is 1. The van der Waals surface area contributed by atoms with E-state index in [0.717, 1.165) is 37.7 Å². The van der Waals surface area contributed by atoms with Gasteiger partial charge in [-0.25, -0.2) is 4.98 Å². The lowest BCUT2D eigenvalue weighted by atomic mass is 10.0. The van der Waals surface area contributed by atoms with Crippen molar-refractivity contribution < 1.29 is 14.6 Å². The molecule has 1 atom stereocenters. The van der Waals surface area contributed by atoms with E-state index in [0.29, 0.717) is 0 Å². The third-order valence-corrected chi connectivity index (χ3v) is 2.98. The van der Waals surface area contributed by atoms with Crippen LogP contribution in [0.3, 0.4) is 0 Å². The Morgan fingerprint density at radius 3 is 2.71 bits per heavy atom. The molecule has 2 rings (SSSR count). The zero-order chi connectivity index (χ0) is 12.3. The van der Waals surface area contributed by atoms with Crippen LogP contribution in [0.15, 0.2) is 18.3 Å². The summed E-state index contributed by atoms with van der Waals surface area (Å²) < 4.78 is 5.27. The van der Waals surface area contributed by atoms with E-state index in [4.69, 9.17) is 9.84 Å². The normalized spacial score (nSPS) is 17.8. The molecule has 0 radical (unpaired) electrons. The molecule has 1 unspecified atom stereocenters. The summed E-state index contributed by atoms with van der Waals surface area (Å²) in [5, 5.41) is 8.90. The minimum Gasteiger partial charge on any atom is -0.481 e. The Hall–Kier alpha value is -1.62. The van der Waals surface area contributed by atoms with Crippen LogP contribution >= 0.6 is 0 Å². The van der Waals surface area contributed by atoms with Crippen molar-refractivity contribution in [2.45, 2.75) is 12.8 Å². The molecule has 0 aromatic carbocycles. The van der Waals surface area contributed by atoms with Gasteiger partial charge >= 0.3 is 5.97 Å². The van der Waals surface area contributed by atoms with Crippen molar-refractivity contribution >= 4 is 11.8 Å². The van der Waals surface area contributed by atoms with Crippen LogP contribution in [0.5, 0.6) is 0 Å². The van der Waals surface area contributed by atoms with Crippen molar-refractivity contribution in [3.8, 4) is 0 Å². The van der Waals surface area contributed by atoms with E-state index in [1.165, 1.54) is 0 Å². The first-order valence-electron chi connectivity index (χ1n) is 5.70. The molecule has 1 N–H and O–H groups in total. The first kappa shape index (κ1) is 11.9. The van der Waals surface area contributed by atoms with Crippen molar-refractivity contribution in [2.24, 2.45) is 0 Å². The number of aromatic nitrogens is 1. The number of anilines is 1. The number of morpholine rings is 1. The summed E-state index contributed by atoms with van der Waals surface area (Å²) in [6.45, 7) is 4.76. The first-order valence-corrected chi connectivity index (χ1v) is 5.70. The van der Waals surface area contributed by atoms with Crippen molar-refractivity contribution in [2.75, 3.05) is 31.2 Å². The van der Waals surface area contributed by atoms with Crippen LogP contribution in [0, 0.1) is 0 Å². The molecule has 2 heterocycles. The Bertz CT molecular complexity index is 385. The zero-order valence-electron chi connectivity index (χ0n) is 9.80.